The molecule has 1 aliphatic rings. The number of carbonyl (C=O) groups is 1. The van der Waals surface area contributed by atoms with Crippen molar-refractivity contribution in [1.29, 1.82) is 0 Å². The summed E-state index contributed by atoms with van der Waals surface area (Å²) in [4.78, 5) is 14.9. The number of ether oxygens (including phenoxy) is 1. The Hall–Kier alpha value is -3.08. The molecule has 4 rings (SSSR count). The number of rotatable bonds is 6. The fraction of sp³-hybridized carbons (Fsp3) is 0.333. The molecule has 150 valence electrons. The fourth-order valence-electron chi connectivity index (χ4n) is 3.92. The summed E-state index contributed by atoms with van der Waals surface area (Å²) in [6, 6.07) is 20.1. The number of hydrogen-bond acceptors (Lipinski definition) is 4. The van der Waals surface area contributed by atoms with Crippen LogP contribution in [-0.2, 0) is 11.3 Å². The van der Waals surface area contributed by atoms with Gasteiger partial charge in [0, 0.05) is 30.4 Å². The normalized spacial score (nSPS) is 16.2. The highest BCUT2D eigenvalue weighted by Crippen LogP contribution is 2.24. The molecule has 0 radical (unpaired) electrons. The maximum atomic E-state index is 12.6. The second-order valence-electron chi connectivity index (χ2n) is 7.82. The van der Waals surface area contributed by atoms with Crippen LogP contribution in [0.25, 0.3) is 0 Å². The van der Waals surface area contributed by atoms with E-state index < -0.39 is 0 Å². The summed E-state index contributed by atoms with van der Waals surface area (Å²) < 4.78 is 7.60. The minimum atomic E-state index is -0.252. The largest absolute Gasteiger partial charge is 0.462 e. The van der Waals surface area contributed by atoms with Crippen molar-refractivity contribution >= 4 is 11.7 Å². The molecule has 2 heterocycles. The topological polar surface area (TPSA) is 47.4 Å². The van der Waals surface area contributed by atoms with Crippen molar-refractivity contribution in [3.05, 3.63) is 83.2 Å². The van der Waals surface area contributed by atoms with Crippen LogP contribution in [0.4, 0.5) is 5.69 Å². The van der Waals surface area contributed by atoms with Crippen molar-refractivity contribution in [2.45, 2.75) is 26.8 Å². The van der Waals surface area contributed by atoms with Gasteiger partial charge in [-0.25, -0.2) is 4.79 Å². The molecule has 0 saturated carbocycles. The molecule has 29 heavy (non-hydrogen) atoms. The van der Waals surface area contributed by atoms with Crippen LogP contribution < -0.4 is 4.90 Å². The number of aryl methyl sites for hydroxylation is 2. The van der Waals surface area contributed by atoms with E-state index in [0.29, 0.717) is 24.6 Å². The van der Waals surface area contributed by atoms with Gasteiger partial charge in [0.2, 0.25) is 0 Å². The molecule has 5 nitrogen and oxygen atoms in total. The average Bonchev–Trinajstić information content (AvgIpc) is 3.33. The van der Waals surface area contributed by atoms with Crippen molar-refractivity contribution < 1.29 is 9.53 Å². The zero-order valence-corrected chi connectivity index (χ0v) is 17.0. The third-order valence-electron chi connectivity index (χ3n) is 5.46. The highest BCUT2D eigenvalue weighted by atomic mass is 16.5. The van der Waals surface area contributed by atoms with Crippen molar-refractivity contribution in [3.63, 3.8) is 0 Å². The summed E-state index contributed by atoms with van der Waals surface area (Å²) in [5, 5.41) is 4.50. The Morgan fingerprint density at radius 1 is 1.10 bits per heavy atom. The van der Waals surface area contributed by atoms with Crippen molar-refractivity contribution in [1.82, 2.24) is 9.78 Å². The minimum absolute atomic E-state index is 0.252. The first kappa shape index (κ1) is 19.2. The fourth-order valence-corrected chi connectivity index (χ4v) is 3.92. The Morgan fingerprint density at radius 3 is 2.69 bits per heavy atom. The van der Waals surface area contributed by atoms with Crippen LogP contribution in [0.1, 0.15) is 33.7 Å². The first-order chi connectivity index (χ1) is 14.1. The summed E-state index contributed by atoms with van der Waals surface area (Å²) in [6.07, 6.45) is 1.04. The molecule has 1 aromatic heterocycles. The van der Waals surface area contributed by atoms with Gasteiger partial charge in [0.25, 0.3) is 0 Å². The van der Waals surface area contributed by atoms with Crippen LogP contribution in [0.15, 0.2) is 60.7 Å². The molecule has 3 aromatic rings. The van der Waals surface area contributed by atoms with Gasteiger partial charge in [0.1, 0.15) is 0 Å². The molecule has 5 heteroatoms. The molecular formula is C24H27N3O2. The third kappa shape index (κ3) is 4.67. The van der Waals surface area contributed by atoms with Gasteiger partial charge in [-0.1, -0.05) is 30.3 Å². The Bertz CT molecular complexity index is 981. The quantitative estimate of drug-likeness (QED) is 0.592. The predicted molar refractivity (Wildman–Crippen MR) is 114 cm³/mol. The van der Waals surface area contributed by atoms with Crippen LogP contribution in [0.3, 0.4) is 0 Å². The van der Waals surface area contributed by atoms with Crippen LogP contribution in [0.2, 0.25) is 0 Å². The van der Waals surface area contributed by atoms with E-state index >= 15 is 0 Å². The molecule has 1 fully saturated rings. The molecule has 1 unspecified atom stereocenters. The lowest BCUT2D eigenvalue weighted by Gasteiger charge is -2.18. The number of hydrogen-bond donors (Lipinski definition) is 0. The molecule has 1 aliphatic heterocycles. The van der Waals surface area contributed by atoms with E-state index in [4.69, 9.17) is 4.74 Å². The monoisotopic (exact) mass is 389 g/mol. The Labute approximate surface area is 171 Å². The highest BCUT2D eigenvalue weighted by molar-refractivity contribution is 5.89. The maximum absolute atomic E-state index is 12.6. The Kier molecular flexibility index (Phi) is 5.65. The molecule has 0 bridgehead atoms. The van der Waals surface area contributed by atoms with Gasteiger partial charge in [0.05, 0.1) is 24.4 Å². The number of carbonyl (C=O) groups excluding carboxylic acids is 1. The molecule has 0 spiro atoms. The molecule has 1 saturated heterocycles. The lowest BCUT2D eigenvalue weighted by atomic mass is 10.1. The molecule has 0 N–H and O–H groups in total. The lowest BCUT2D eigenvalue weighted by Crippen LogP contribution is -2.22. The molecule has 1 atom stereocenters. The van der Waals surface area contributed by atoms with E-state index in [2.05, 4.69) is 40.3 Å². The second kappa shape index (κ2) is 8.52. The van der Waals surface area contributed by atoms with Gasteiger partial charge in [-0.15, -0.1) is 0 Å². The minimum Gasteiger partial charge on any atom is -0.462 e. The number of para-hydroxylation sites is 1. The number of benzene rings is 2. The third-order valence-corrected chi connectivity index (χ3v) is 5.46. The van der Waals surface area contributed by atoms with Crippen molar-refractivity contribution in [3.8, 4) is 0 Å². The summed E-state index contributed by atoms with van der Waals surface area (Å²) in [5.74, 6) is 0.121. The summed E-state index contributed by atoms with van der Waals surface area (Å²) in [5.41, 5.74) is 4.99. The van der Waals surface area contributed by atoms with E-state index in [0.717, 1.165) is 36.5 Å². The van der Waals surface area contributed by atoms with Gasteiger partial charge in [-0.3, -0.25) is 4.68 Å². The standard InChI is InChI=1S/C24H27N3O2/c1-18-13-19(2)27(25-18)16-20-7-6-8-22(14-20)24(28)29-17-21-11-12-26(15-21)23-9-4-3-5-10-23/h3-10,13-14,21H,11-12,15-17H2,1-2H3. The predicted octanol–water partition coefficient (Wildman–Crippen LogP) is 4.23. The van der Waals surface area contributed by atoms with Gasteiger partial charge in [-0.05, 0) is 56.2 Å². The second-order valence-corrected chi connectivity index (χ2v) is 7.82. The first-order valence-electron chi connectivity index (χ1n) is 10.2. The SMILES string of the molecule is Cc1cc(C)n(Cc2cccc(C(=O)OCC3CCN(c4ccccc4)C3)c2)n1. The van der Waals surface area contributed by atoms with Crippen LogP contribution >= 0.6 is 0 Å². The van der Waals surface area contributed by atoms with E-state index in [1.54, 1.807) is 0 Å². The van der Waals surface area contributed by atoms with E-state index in [1.807, 2.05) is 48.9 Å². The van der Waals surface area contributed by atoms with Crippen LogP contribution in [-0.4, -0.2) is 35.4 Å². The van der Waals surface area contributed by atoms with Gasteiger partial charge >= 0.3 is 5.97 Å². The van der Waals surface area contributed by atoms with E-state index in [9.17, 15) is 4.79 Å². The summed E-state index contributed by atoms with van der Waals surface area (Å²) in [6.45, 7) is 7.07. The molecule has 2 aromatic carbocycles. The summed E-state index contributed by atoms with van der Waals surface area (Å²) in [7, 11) is 0. The highest BCUT2D eigenvalue weighted by Gasteiger charge is 2.24. The number of aromatic nitrogens is 2. The summed E-state index contributed by atoms with van der Waals surface area (Å²) >= 11 is 0. The molecule has 0 aliphatic carbocycles. The zero-order chi connectivity index (χ0) is 20.2. The van der Waals surface area contributed by atoms with Crippen molar-refractivity contribution in [2.75, 3.05) is 24.6 Å². The van der Waals surface area contributed by atoms with Gasteiger partial charge < -0.3 is 9.64 Å². The number of nitrogens with zero attached hydrogens (tertiary/aromatic N) is 3. The van der Waals surface area contributed by atoms with Crippen LogP contribution in [0, 0.1) is 19.8 Å². The number of anilines is 1. The molecule has 0 amide bonds. The van der Waals surface area contributed by atoms with E-state index in [-0.39, 0.29) is 5.97 Å². The maximum Gasteiger partial charge on any atom is 0.338 e. The van der Waals surface area contributed by atoms with E-state index in [1.165, 1.54) is 5.69 Å². The number of esters is 1. The van der Waals surface area contributed by atoms with Gasteiger partial charge in [0.15, 0.2) is 0 Å². The lowest BCUT2D eigenvalue weighted by molar-refractivity contribution is 0.0451. The van der Waals surface area contributed by atoms with Crippen molar-refractivity contribution in [2.24, 2.45) is 5.92 Å². The average molecular weight is 389 g/mol. The van der Waals surface area contributed by atoms with Gasteiger partial charge in [-0.2, -0.15) is 5.10 Å². The Balaban J connectivity index is 1.33. The molecular weight excluding hydrogens is 362 g/mol. The Morgan fingerprint density at radius 2 is 1.93 bits per heavy atom. The van der Waals surface area contributed by atoms with Crippen LogP contribution in [0.5, 0.6) is 0 Å². The zero-order valence-electron chi connectivity index (χ0n) is 17.0. The first-order valence-corrected chi connectivity index (χ1v) is 10.2. The smallest absolute Gasteiger partial charge is 0.338 e.